The summed E-state index contributed by atoms with van der Waals surface area (Å²) in [6.07, 6.45) is 3.27. The van der Waals surface area contributed by atoms with E-state index in [1.54, 1.807) is 0 Å². The number of nitrogens with one attached hydrogen (secondary N) is 2. The molecule has 2 N–H and O–H groups in total. The summed E-state index contributed by atoms with van der Waals surface area (Å²) in [6.45, 7) is 0.456. The fraction of sp³-hybridized carbons (Fsp3) is 0.667. The number of nitrogens with zero attached hydrogens (tertiary/aromatic N) is 2. The summed E-state index contributed by atoms with van der Waals surface area (Å²) < 4.78 is 30.6. The molecule has 10 heteroatoms. The normalized spacial score (nSPS) is 23.8. The quantitative estimate of drug-likeness (QED) is 0.682. The third-order valence-corrected chi connectivity index (χ3v) is 6.49. The smallest absolute Gasteiger partial charge is 0.263 e. The molecule has 0 radical (unpaired) electrons. The molecule has 1 saturated heterocycles. The molecule has 1 aromatic heterocycles. The van der Waals surface area contributed by atoms with Crippen LogP contribution in [0.5, 0.6) is 0 Å². The van der Waals surface area contributed by atoms with E-state index in [1.807, 2.05) is 0 Å². The fourth-order valence-corrected chi connectivity index (χ4v) is 3.89. The van der Waals surface area contributed by atoms with Crippen molar-refractivity contribution in [2.75, 3.05) is 33.1 Å². The van der Waals surface area contributed by atoms with Gasteiger partial charge in [0.2, 0.25) is 10.0 Å². The summed E-state index contributed by atoms with van der Waals surface area (Å²) in [5.74, 6) is -0.164. The highest BCUT2D eigenvalue weighted by molar-refractivity contribution is 7.89. The van der Waals surface area contributed by atoms with E-state index in [0.717, 1.165) is 17.1 Å². The average Bonchev–Trinajstić information content (AvgIpc) is 3.30. The zero-order valence-corrected chi connectivity index (χ0v) is 15.0. The summed E-state index contributed by atoms with van der Waals surface area (Å²) >= 11 is 0. The van der Waals surface area contributed by atoms with Gasteiger partial charge in [0.25, 0.3) is 11.5 Å². The first kappa shape index (κ1) is 18.0. The Morgan fingerprint density at radius 1 is 1.40 bits per heavy atom. The van der Waals surface area contributed by atoms with Crippen LogP contribution in [-0.4, -0.2) is 67.7 Å². The first-order valence-electron chi connectivity index (χ1n) is 8.16. The van der Waals surface area contributed by atoms with Crippen LogP contribution in [0.2, 0.25) is 0 Å². The van der Waals surface area contributed by atoms with Crippen LogP contribution in [0, 0.1) is 5.92 Å². The lowest BCUT2D eigenvalue weighted by molar-refractivity contribution is 0.0924. The Morgan fingerprint density at radius 2 is 2.12 bits per heavy atom. The molecule has 2 fully saturated rings. The second-order valence-corrected chi connectivity index (χ2v) is 8.95. The molecular formula is C15H22N4O5S. The van der Waals surface area contributed by atoms with Gasteiger partial charge in [-0.25, -0.2) is 17.7 Å². The van der Waals surface area contributed by atoms with E-state index >= 15 is 0 Å². The molecule has 0 spiro atoms. The van der Waals surface area contributed by atoms with E-state index < -0.39 is 27.5 Å². The Labute approximate surface area is 145 Å². The van der Waals surface area contributed by atoms with Crippen LogP contribution >= 0.6 is 0 Å². The van der Waals surface area contributed by atoms with Crippen LogP contribution in [-0.2, 0) is 14.8 Å². The minimum absolute atomic E-state index is 0.0782. The van der Waals surface area contributed by atoms with Crippen molar-refractivity contribution in [3.63, 3.8) is 0 Å². The van der Waals surface area contributed by atoms with Gasteiger partial charge in [-0.2, -0.15) is 0 Å². The van der Waals surface area contributed by atoms with Crippen molar-refractivity contribution in [2.24, 2.45) is 5.92 Å². The third kappa shape index (κ3) is 4.07. The number of hydrogen-bond donors (Lipinski definition) is 2. The lowest BCUT2D eigenvalue weighted by atomic mass is 10.1. The van der Waals surface area contributed by atoms with Crippen molar-refractivity contribution in [3.8, 4) is 0 Å². The zero-order valence-electron chi connectivity index (χ0n) is 14.2. The van der Waals surface area contributed by atoms with E-state index in [9.17, 15) is 18.0 Å². The van der Waals surface area contributed by atoms with Crippen molar-refractivity contribution in [3.05, 3.63) is 27.9 Å². The largest absolute Gasteiger partial charge is 0.379 e. The first-order valence-corrected chi connectivity index (χ1v) is 9.77. The highest BCUT2D eigenvalue weighted by atomic mass is 32.2. The fourth-order valence-electron chi connectivity index (χ4n) is 2.72. The highest BCUT2D eigenvalue weighted by Gasteiger charge is 2.35. The zero-order chi connectivity index (χ0) is 18.2. The van der Waals surface area contributed by atoms with Crippen molar-refractivity contribution < 1.29 is 17.9 Å². The highest BCUT2D eigenvalue weighted by Crippen LogP contribution is 2.37. The third-order valence-electron chi connectivity index (χ3n) is 4.52. The molecule has 1 aromatic rings. The van der Waals surface area contributed by atoms with Crippen molar-refractivity contribution in [1.29, 1.82) is 0 Å². The number of H-pyrrole nitrogens is 1. The molecule has 0 bridgehead atoms. The number of carbonyl (C=O) groups is 1. The molecule has 2 atom stereocenters. The summed E-state index contributed by atoms with van der Waals surface area (Å²) in [5, 5.41) is 2.71. The minimum atomic E-state index is -3.41. The van der Waals surface area contributed by atoms with Crippen molar-refractivity contribution in [1.82, 2.24) is 19.6 Å². The summed E-state index contributed by atoms with van der Waals surface area (Å²) in [4.78, 5) is 31.3. The van der Waals surface area contributed by atoms with Crippen LogP contribution in [0.4, 0.5) is 0 Å². The van der Waals surface area contributed by atoms with E-state index in [2.05, 4.69) is 15.3 Å². The monoisotopic (exact) mass is 370 g/mol. The van der Waals surface area contributed by atoms with Crippen molar-refractivity contribution in [2.45, 2.75) is 24.8 Å². The lowest BCUT2D eigenvalue weighted by Crippen LogP contribution is -2.44. The van der Waals surface area contributed by atoms with Gasteiger partial charge >= 0.3 is 0 Å². The molecule has 138 valence electrons. The maximum Gasteiger partial charge on any atom is 0.263 e. The van der Waals surface area contributed by atoms with Gasteiger partial charge in [0, 0.05) is 32.1 Å². The number of aromatic amines is 1. The first-order chi connectivity index (χ1) is 11.8. The van der Waals surface area contributed by atoms with Gasteiger partial charge in [-0.15, -0.1) is 0 Å². The molecule has 3 rings (SSSR count). The number of amides is 1. The van der Waals surface area contributed by atoms with Gasteiger partial charge in [0.1, 0.15) is 11.4 Å². The maximum absolute atomic E-state index is 12.4. The molecular weight excluding hydrogens is 348 g/mol. The molecule has 0 aromatic carbocycles. The summed E-state index contributed by atoms with van der Waals surface area (Å²) in [5.41, 5.74) is -0.559. The van der Waals surface area contributed by atoms with Crippen molar-refractivity contribution >= 4 is 15.9 Å². The van der Waals surface area contributed by atoms with Gasteiger partial charge < -0.3 is 15.0 Å². The SMILES string of the molecule is CN(C)S(=O)(=O)C[C@@H]1COC[C@@H]1NC(=O)c1cnc(C2CC2)[nH]c1=O. The predicted molar refractivity (Wildman–Crippen MR) is 89.9 cm³/mol. The number of rotatable bonds is 6. The van der Waals surface area contributed by atoms with Gasteiger partial charge in [-0.1, -0.05) is 0 Å². The van der Waals surface area contributed by atoms with Gasteiger partial charge in [0.15, 0.2) is 0 Å². The lowest BCUT2D eigenvalue weighted by Gasteiger charge is -2.20. The minimum Gasteiger partial charge on any atom is -0.379 e. The standard InChI is InChI=1S/C15H22N4O5S/c1-19(2)25(22,23)8-10-6-24-7-12(10)17-14(20)11-5-16-13(9-3-4-9)18-15(11)21/h5,9-10,12H,3-4,6-8H2,1-2H3,(H,17,20)(H,16,18,21)/t10-,12-/m0/s1. The number of carbonyl (C=O) groups excluding carboxylic acids is 1. The molecule has 25 heavy (non-hydrogen) atoms. The van der Waals surface area contributed by atoms with E-state index in [1.165, 1.54) is 20.3 Å². The molecule has 2 aliphatic rings. The summed E-state index contributed by atoms with van der Waals surface area (Å²) in [6, 6.07) is -0.468. The van der Waals surface area contributed by atoms with Crippen LogP contribution < -0.4 is 10.9 Å². The van der Waals surface area contributed by atoms with E-state index in [4.69, 9.17) is 4.74 Å². The van der Waals surface area contributed by atoms with Gasteiger partial charge in [0.05, 0.1) is 25.0 Å². The molecule has 0 unspecified atom stereocenters. The maximum atomic E-state index is 12.4. The predicted octanol–water partition coefficient (Wildman–Crippen LogP) is -0.716. The number of ether oxygens (including phenoxy) is 1. The number of hydrogen-bond acceptors (Lipinski definition) is 6. The Bertz CT molecular complexity index is 815. The van der Waals surface area contributed by atoms with Crippen LogP contribution in [0.1, 0.15) is 34.9 Å². The molecule has 9 nitrogen and oxygen atoms in total. The second kappa shape index (κ2) is 6.85. The molecule has 1 aliphatic carbocycles. The van der Waals surface area contributed by atoms with Gasteiger partial charge in [-0.3, -0.25) is 9.59 Å². The Hall–Kier alpha value is -1.78. The number of sulfonamides is 1. The Morgan fingerprint density at radius 3 is 2.72 bits per heavy atom. The topological polar surface area (TPSA) is 121 Å². The Balaban J connectivity index is 1.68. The van der Waals surface area contributed by atoms with Crippen LogP contribution in [0.15, 0.2) is 11.0 Å². The molecule has 1 amide bonds. The molecule has 1 aliphatic heterocycles. The van der Waals surface area contributed by atoms with Crippen LogP contribution in [0.3, 0.4) is 0 Å². The number of aromatic nitrogens is 2. The Kier molecular flexibility index (Phi) is 4.94. The van der Waals surface area contributed by atoms with E-state index in [0.29, 0.717) is 5.82 Å². The summed E-state index contributed by atoms with van der Waals surface area (Å²) in [7, 11) is -0.482. The van der Waals surface area contributed by atoms with E-state index in [-0.39, 0.29) is 36.4 Å². The van der Waals surface area contributed by atoms with Gasteiger partial charge in [-0.05, 0) is 12.8 Å². The second-order valence-electron chi connectivity index (χ2n) is 6.72. The molecule has 2 heterocycles. The molecule has 1 saturated carbocycles. The van der Waals surface area contributed by atoms with Crippen LogP contribution in [0.25, 0.3) is 0 Å². The average molecular weight is 370 g/mol.